The van der Waals surface area contributed by atoms with E-state index in [9.17, 15) is 14.4 Å². The van der Waals surface area contributed by atoms with Crippen LogP contribution in [0.4, 0.5) is 9.59 Å². The molecule has 4 N–H and O–H groups in total. The Morgan fingerprint density at radius 2 is 1.82 bits per heavy atom. The van der Waals surface area contributed by atoms with Crippen molar-refractivity contribution in [1.29, 1.82) is 0 Å². The van der Waals surface area contributed by atoms with Gasteiger partial charge in [-0.1, -0.05) is 30.3 Å². The maximum atomic E-state index is 13.7. The van der Waals surface area contributed by atoms with Crippen LogP contribution in [0.3, 0.4) is 0 Å². The van der Waals surface area contributed by atoms with E-state index in [2.05, 4.69) is 15.7 Å². The molecule has 2 atom stereocenters. The summed E-state index contributed by atoms with van der Waals surface area (Å²) in [6, 6.07) is 9.62. The molecule has 6 rings (SSSR count). The van der Waals surface area contributed by atoms with Gasteiger partial charge in [0, 0.05) is 17.8 Å². The fraction of sp³-hybridized carbons (Fsp3) is 0.500. The van der Waals surface area contributed by atoms with Crippen molar-refractivity contribution >= 4 is 24.3 Å². The summed E-state index contributed by atoms with van der Waals surface area (Å²) in [6.07, 6.45) is 8.20. The molecule has 0 radical (unpaired) electrons. The second-order valence-electron chi connectivity index (χ2n) is 11.4. The Morgan fingerprint density at radius 1 is 1.13 bits per heavy atom. The zero-order valence-electron chi connectivity index (χ0n) is 22.0. The Morgan fingerprint density at radius 3 is 2.45 bits per heavy atom. The third-order valence-electron chi connectivity index (χ3n) is 8.16. The lowest BCUT2D eigenvalue weighted by molar-refractivity contribution is -0.137. The number of hydrogen-bond acceptors (Lipinski definition) is 6. The molecule has 2 aromatic rings. The van der Waals surface area contributed by atoms with Gasteiger partial charge in [-0.3, -0.25) is 4.79 Å². The third-order valence-corrected chi connectivity index (χ3v) is 8.16. The molecular formula is C28H35N5O5. The van der Waals surface area contributed by atoms with Gasteiger partial charge in [0.2, 0.25) is 0 Å². The molecule has 1 aromatic carbocycles. The first kappa shape index (κ1) is 25.8. The van der Waals surface area contributed by atoms with E-state index < -0.39 is 23.3 Å². The molecule has 10 nitrogen and oxygen atoms in total. The minimum atomic E-state index is -0.717. The molecule has 0 spiro atoms. The lowest BCUT2D eigenvalue weighted by atomic mass is 9.52. The molecule has 202 valence electrons. The minimum Gasteiger partial charge on any atom is -0.453 e. The molecular weight excluding hydrogens is 486 g/mol. The van der Waals surface area contributed by atoms with Gasteiger partial charge in [-0.05, 0) is 69.8 Å². The molecule has 2 unspecified atom stereocenters. The van der Waals surface area contributed by atoms with Gasteiger partial charge < -0.3 is 25.8 Å². The van der Waals surface area contributed by atoms with E-state index in [1.54, 1.807) is 23.2 Å². The molecule has 1 heterocycles. The molecule has 4 bridgehead atoms. The molecule has 0 aliphatic heterocycles. The summed E-state index contributed by atoms with van der Waals surface area (Å²) in [7, 11) is 1.31. The van der Waals surface area contributed by atoms with Crippen molar-refractivity contribution in [2.24, 2.45) is 23.5 Å². The third kappa shape index (κ3) is 5.12. The summed E-state index contributed by atoms with van der Waals surface area (Å²) >= 11 is 0. The number of alkyl carbamates (subject to hydrolysis) is 1. The quantitative estimate of drug-likeness (QED) is 0.505. The normalized spacial score (nSPS) is 27.8. The summed E-state index contributed by atoms with van der Waals surface area (Å²) in [4.78, 5) is 37.0. The first-order valence-electron chi connectivity index (χ1n) is 13.1. The monoisotopic (exact) mass is 521 g/mol. The molecule has 4 saturated carbocycles. The van der Waals surface area contributed by atoms with Crippen LogP contribution >= 0.6 is 0 Å². The Kier molecular flexibility index (Phi) is 6.66. The Bertz CT molecular complexity index is 1240. The summed E-state index contributed by atoms with van der Waals surface area (Å²) in [5.41, 5.74) is 6.16. The summed E-state index contributed by atoms with van der Waals surface area (Å²) in [5, 5.41) is 10.6. The van der Waals surface area contributed by atoms with Crippen LogP contribution in [0.5, 0.6) is 0 Å². The van der Waals surface area contributed by atoms with E-state index >= 15 is 0 Å². The molecule has 38 heavy (non-hydrogen) atoms. The number of nitrogens with two attached hydrogens (primary N) is 1. The summed E-state index contributed by atoms with van der Waals surface area (Å²) in [6.45, 7) is 3.67. The van der Waals surface area contributed by atoms with Crippen molar-refractivity contribution in [2.45, 2.75) is 63.1 Å². The van der Waals surface area contributed by atoms with Crippen molar-refractivity contribution in [2.75, 3.05) is 7.11 Å². The Balaban J connectivity index is 1.39. The number of nitrogens with one attached hydrogen (secondary N) is 2. The van der Waals surface area contributed by atoms with Crippen LogP contribution in [-0.2, 0) is 9.47 Å². The second kappa shape index (κ2) is 9.81. The molecule has 0 saturated heterocycles. The SMILES string of the molecule is COC(=O)NC(C)(C)/C=C/n1ncc(C(=O)NC2C3CC4CC2CC(OC(N)=O)(C4)C3)c1-c1ccccc1. The number of rotatable bonds is 7. The summed E-state index contributed by atoms with van der Waals surface area (Å²) in [5.74, 6) is 0.794. The Labute approximate surface area is 221 Å². The summed E-state index contributed by atoms with van der Waals surface area (Å²) < 4.78 is 12.0. The van der Waals surface area contributed by atoms with Crippen molar-refractivity contribution in [3.63, 3.8) is 0 Å². The maximum absolute atomic E-state index is 13.7. The van der Waals surface area contributed by atoms with Gasteiger partial charge in [-0.15, -0.1) is 0 Å². The largest absolute Gasteiger partial charge is 0.453 e. The number of aromatic nitrogens is 2. The van der Waals surface area contributed by atoms with Crippen molar-refractivity contribution in [3.8, 4) is 11.3 Å². The highest BCUT2D eigenvalue weighted by molar-refractivity contribution is 6.00. The van der Waals surface area contributed by atoms with Crippen LogP contribution in [0.2, 0.25) is 0 Å². The lowest BCUT2D eigenvalue weighted by Gasteiger charge is -2.58. The number of carbonyl (C=O) groups excluding carboxylic acids is 3. The molecule has 10 heteroatoms. The van der Waals surface area contributed by atoms with E-state index in [0.717, 1.165) is 37.7 Å². The average molecular weight is 522 g/mol. The first-order chi connectivity index (χ1) is 18.1. The average Bonchev–Trinajstić information content (AvgIpc) is 3.28. The fourth-order valence-electron chi connectivity index (χ4n) is 6.89. The fourth-order valence-corrected chi connectivity index (χ4v) is 6.89. The molecule has 4 aliphatic rings. The van der Waals surface area contributed by atoms with Crippen LogP contribution in [0.1, 0.15) is 56.3 Å². The smallest absolute Gasteiger partial charge is 0.407 e. The number of amides is 3. The molecule has 4 aliphatic carbocycles. The zero-order chi connectivity index (χ0) is 27.1. The molecule has 4 fully saturated rings. The number of hydrogen-bond donors (Lipinski definition) is 3. The number of carbonyl (C=O) groups is 3. The van der Waals surface area contributed by atoms with Crippen LogP contribution in [0, 0.1) is 17.8 Å². The van der Waals surface area contributed by atoms with Crippen LogP contribution < -0.4 is 16.4 Å². The topological polar surface area (TPSA) is 138 Å². The van der Waals surface area contributed by atoms with Gasteiger partial charge >= 0.3 is 12.2 Å². The number of benzene rings is 1. The molecule has 1 aromatic heterocycles. The van der Waals surface area contributed by atoms with Gasteiger partial charge in [0.15, 0.2) is 0 Å². The zero-order valence-corrected chi connectivity index (χ0v) is 22.0. The van der Waals surface area contributed by atoms with Gasteiger partial charge in [-0.2, -0.15) is 5.10 Å². The van der Waals surface area contributed by atoms with Gasteiger partial charge in [0.05, 0.1) is 30.1 Å². The second-order valence-corrected chi connectivity index (χ2v) is 11.4. The molecule has 3 amide bonds. The van der Waals surface area contributed by atoms with E-state index in [-0.39, 0.29) is 23.8 Å². The van der Waals surface area contributed by atoms with Gasteiger partial charge in [-0.25, -0.2) is 14.3 Å². The first-order valence-corrected chi connectivity index (χ1v) is 13.1. The highest BCUT2D eigenvalue weighted by Crippen LogP contribution is 2.57. The van der Waals surface area contributed by atoms with Gasteiger partial charge in [0.25, 0.3) is 5.91 Å². The van der Waals surface area contributed by atoms with Crippen LogP contribution in [0.15, 0.2) is 42.6 Å². The van der Waals surface area contributed by atoms with Crippen LogP contribution in [-0.4, -0.2) is 52.2 Å². The number of nitrogens with zero attached hydrogens (tertiary/aromatic N) is 2. The van der Waals surface area contributed by atoms with Crippen molar-refractivity contribution < 1.29 is 23.9 Å². The van der Waals surface area contributed by atoms with Crippen LogP contribution in [0.25, 0.3) is 17.5 Å². The van der Waals surface area contributed by atoms with E-state index in [1.165, 1.54) is 7.11 Å². The highest BCUT2D eigenvalue weighted by atomic mass is 16.6. The lowest BCUT2D eigenvalue weighted by Crippen LogP contribution is -2.63. The number of primary amides is 1. The van der Waals surface area contributed by atoms with E-state index in [1.807, 2.05) is 44.2 Å². The predicted molar refractivity (Wildman–Crippen MR) is 141 cm³/mol. The maximum Gasteiger partial charge on any atom is 0.407 e. The predicted octanol–water partition coefficient (Wildman–Crippen LogP) is 3.93. The van der Waals surface area contributed by atoms with Gasteiger partial charge in [0.1, 0.15) is 5.60 Å². The minimum absolute atomic E-state index is 0.00866. The van der Waals surface area contributed by atoms with Crippen molar-refractivity contribution in [1.82, 2.24) is 20.4 Å². The standard InChI is InChI=1S/C28H35N5O5/c1-27(2,32-26(36)37-3)9-10-33-23(18-7-5-4-6-8-18)21(16-30-33)24(34)31-22-19-11-17-12-20(22)15-28(13-17,14-19)38-25(29)35/h4-10,16-17,19-20,22H,11-15H2,1-3H3,(H2,29,35)(H,31,34)(H,32,36)/b10-9+. The van der Waals surface area contributed by atoms with Crippen molar-refractivity contribution in [3.05, 3.63) is 48.2 Å². The number of ether oxygens (including phenoxy) is 2. The number of methoxy groups -OCH3 is 1. The Hall–Kier alpha value is -3.82. The van der Waals surface area contributed by atoms with E-state index in [0.29, 0.717) is 17.2 Å². The van der Waals surface area contributed by atoms with E-state index in [4.69, 9.17) is 15.2 Å². The highest BCUT2D eigenvalue weighted by Gasteiger charge is 2.57.